The van der Waals surface area contributed by atoms with E-state index in [-0.39, 0.29) is 12.3 Å². The average molecular weight is 391 g/mol. The van der Waals surface area contributed by atoms with E-state index in [0.717, 1.165) is 37.0 Å². The van der Waals surface area contributed by atoms with E-state index in [4.69, 9.17) is 5.11 Å². The second-order valence-electron chi connectivity index (χ2n) is 6.31. The monoisotopic (exact) mass is 390 g/mol. The lowest BCUT2D eigenvalue weighted by Gasteiger charge is -2.20. The standard InChI is InChI=1S/C19H26N4O3S/c1-3-5-9-23(4-2)13-15-8-6-7-14(10-15)12-20-22-19-21-18(26)16(27-19)11-17(24)25/h6-8,10,12,16H,3-5,9,11,13H2,1-2H3,(H,24,25)(H,21,22,26). The highest BCUT2D eigenvalue weighted by molar-refractivity contribution is 8.15. The van der Waals surface area contributed by atoms with E-state index < -0.39 is 11.2 Å². The second-order valence-corrected chi connectivity index (χ2v) is 7.50. The molecule has 0 aromatic heterocycles. The summed E-state index contributed by atoms with van der Waals surface area (Å²) in [5.74, 6) is -1.35. The van der Waals surface area contributed by atoms with Gasteiger partial charge in [-0.2, -0.15) is 5.10 Å². The van der Waals surface area contributed by atoms with Crippen LogP contribution in [0.5, 0.6) is 0 Å². The summed E-state index contributed by atoms with van der Waals surface area (Å²) in [4.78, 5) is 24.8. The number of carboxylic acids is 1. The molecular weight excluding hydrogens is 364 g/mol. The number of rotatable bonds is 10. The lowest BCUT2D eigenvalue weighted by atomic mass is 10.1. The summed E-state index contributed by atoms with van der Waals surface area (Å²) < 4.78 is 0. The van der Waals surface area contributed by atoms with Crippen LogP contribution >= 0.6 is 11.8 Å². The third-order valence-electron chi connectivity index (χ3n) is 4.12. The Kier molecular flexibility index (Phi) is 8.47. The number of carbonyl (C=O) groups excluding carboxylic acids is 1. The molecule has 2 rings (SSSR count). The number of carboxylic acid groups (broad SMARTS) is 1. The molecule has 0 aliphatic carbocycles. The summed E-state index contributed by atoms with van der Waals surface area (Å²) in [6.07, 6.45) is 3.79. The predicted octanol–water partition coefficient (Wildman–Crippen LogP) is 2.70. The van der Waals surface area contributed by atoms with Crippen LogP contribution < -0.4 is 5.32 Å². The molecule has 146 valence electrons. The quantitative estimate of drug-likeness (QED) is 0.473. The van der Waals surface area contributed by atoms with E-state index in [2.05, 4.69) is 46.4 Å². The normalized spacial score (nSPS) is 18.6. The first-order valence-electron chi connectivity index (χ1n) is 9.13. The molecule has 1 saturated heterocycles. The van der Waals surface area contributed by atoms with Crippen molar-refractivity contribution in [1.82, 2.24) is 10.2 Å². The van der Waals surface area contributed by atoms with Crippen molar-refractivity contribution in [3.8, 4) is 0 Å². The first kappa shape index (κ1) is 21.1. The topological polar surface area (TPSA) is 94.4 Å². The molecule has 1 heterocycles. The number of unbranched alkanes of at least 4 members (excludes halogenated alkanes) is 1. The molecule has 1 aliphatic rings. The number of hydrogen-bond donors (Lipinski definition) is 2. The number of aliphatic carboxylic acids is 1. The molecule has 7 nitrogen and oxygen atoms in total. The van der Waals surface area contributed by atoms with Crippen LogP contribution in [-0.4, -0.2) is 51.6 Å². The molecule has 1 atom stereocenters. The van der Waals surface area contributed by atoms with Crippen LogP contribution in [0.1, 0.15) is 44.2 Å². The van der Waals surface area contributed by atoms with Crippen molar-refractivity contribution in [2.24, 2.45) is 10.2 Å². The van der Waals surface area contributed by atoms with Gasteiger partial charge in [-0.3, -0.25) is 14.5 Å². The van der Waals surface area contributed by atoms with Crippen molar-refractivity contribution in [2.75, 3.05) is 13.1 Å². The summed E-state index contributed by atoms with van der Waals surface area (Å²) in [6.45, 7) is 7.37. The molecule has 1 fully saturated rings. The van der Waals surface area contributed by atoms with Gasteiger partial charge in [0.1, 0.15) is 5.25 Å². The Morgan fingerprint density at radius 2 is 2.22 bits per heavy atom. The summed E-state index contributed by atoms with van der Waals surface area (Å²) in [6, 6.07) is 8.11. The highest BCUT2D eigenvalue weighted by Gasteiger charge is 2.32. The zero-order chi connectivity index (χ0) is 19.6. The molecule has 0 spiro atoms. The molecule has 27 heavy (non-hydrogen) atoms. The van der Waals surface area contributed by atoms with E-state index in [0.29, 0.717) is 5.17 Å². The Balaban J connectivity index is 1.95. The zero-order valence-electron chi connectivity index (χ0n) is 15.7. The third kappa shape index (κ3) is 7.15. The van der Waals surface area contributed by atoms with E-state index >= 15 is 0 Å². The molecule has 0 radical (unpaired) electrons. The van der Waals surface area contributed by atoms with Gasteiger partial charge in [0.05, 0.1) is 12.6 Å². The van der Waals surface area contributed by atoms with Gasteiger partial charge in [-0.25, -0.2) is 0 Å². The maximum absolute atomic E-state index is 11.7. The van der Waals surface area contributed by atoms with Crippen molar-refractivity contribution in [2.45, 2.75) is 44.9 Å². The number of amides is 1. The summed E-state index contributed by atoms with van der Waals surface area (Å²) in [5.41, 5.74) is 2.15. The number of nitrogens with one attached hydrogen (secondary N) is 1. The number of thioether (sulfide) groups is 1. The molecule has 2 N–H and O–H groups in total. The number of amidine groups is 1. The first-order valence-corrected chi connectivity index (χ1v) is 10.0. The Hall–Kier alpha value is -2.19. The molecule has 1 amide bonds. The van der Waals surface area contributed by atoms with Crippen molar-refractivity contribution >= 4 is 35.0 Å². The van der Waals surface area contributed by atoms with Gasteiger partial charge in [0, 0.05) is 6.54 Å². The minimum atomic E-state index is -1.01. The maximum atomic E-state index is 11.7. The van der Waals surface area contributed by atoms with Gasteiger partial charge < -0.3 is 10.4 Å². The Morgan fingerprint density at radius 1 is 1.41 bits per heavy atom. The smallest absolute Gasteiger partial charge is 0.305 e. The summed E-state index contributed by atoms with van der Waals surface area (Å²) in [7, 11) is 0. The molecule has 0 saturated carbocycles. The van der Waals surface area contributed by atoms with E-state index in [9.17, 15) is 9.59 Å². The highest BCUT2D eigenvalue weighted by Crippen LogP contribution is 2.22. The van der Waals surface area contributed by atoms with Crippen molar-refractivity contribution < 1.29 is 14.7 Å². The molecule has 0 bridgehead atoms. The number of benzene rings is 1. The molecule has 8 heteroatoms. The zero-order valence-corrected chi connectivity index (χ0v) is 16.5. The Bertz CT molecular complexity index is 721. The lowest BCUT2D eigenvalue weighted by Crippen LogP contribution is -2.26. The van der Waals surface area contributed by atoms with E-state index in [1.54, 1.807) is 6.21 Å². The average Bonchev–Trinajstić information content (AvgIpc) is 2.97. The highest BCUT2D eigenvalue weighted by atomic mass is 32.2. The number of hydrogen-bond acceptors (Lipinski definition) is 6. The molecular formula is C19H26N4O3S. The van der Waals surface area contributed by atoms with Gasteiger partial charge in [-0.15, -0.1) is 5.10 Å². The van der Waals surface area contributed by atoms with Gasteiger partial charge in [-0.1, -0.05) is 50.2 Å². The minimum Gasteiger partial charge on any atom is -0.481 e. The van der Waals surface area contributed by atoms with Crippen LogP contribution in [0.3, 0.4) is 0 Å². The van der Waals surface area contributed by atoms with Crippen LogP contribution in [-0.2, 0) is 16.1 Å². The fourth-order valence-electron chi connectivity index (χ4n) is 2.65. The van der Waals surface area contributed by atoms with Crippen LogP contribution in [0.25, 0.3) is 0 Å². The lowest BCUT2D eigenvalue weighted by molar-refractivity contribution is -0.138. The number of carbonyl (C=O) groups is 2. The van der Waals surface area contributed by atoms with E-state index in [1.165, 1.54) is 18.4 Å². The SMILES string of the molecule is CCCCN(CC)Cc1cccc(C=NN=C2NC(=O)C(CC(=O)O)S2)c1. The fraction of sp³-hybridized carbons (Fsp3) is 0.474. The van der Waals surface area contributed by atoms with Gasteiger partial charge in [0.15, 0.2) is 5.17 Å². The molecule has 1 unspecified atom stereocenters. The van der Waals surface area contributed by atoms with Crippen LogP contribution in [0.4, 0.5) is 0 Å². The second kappa shape index (κ2) is 10.8. The number of nitrogens with zero attached hydrogens (tertiary/aromatic N) is 3. The third-order valence-corrected chi connectivity index (χ3v) is 5.20. The minimum absolute atomic E-state index is 0.229. The summed E-state index contributed by atoms with van der Waals surface area (Å²) in [5, 5.41) is 19.0. The van der Waals surface area contributed by atoms with E-state index in [1.807, 2.05) is 12.1 Å². The van der Waals surface area contributed by atoms with Gasteiger partial charge >= 0.3 is 5.97 Å². The van der Waals surface area contributed by atoms with Crippen molar-refractivity contribution in [3.63, 3.8) is 0 Å². The Morgan fingerprint density at radius 3 is 2.93 bits per heavy atom. The molecule has 1 aromatic rings. The first-order chi connectivity index (χ1) is 13.0. The fourth-order valence-corrected chi connectivity index (χ4v) is 3.57. The van der Waals surface area contributed by atoms with Gasteiger partial charge in [0.2, 0.25) is 5.91 Å². The summed E-state index contributed by atoms with van der Waals surface area (Å²) >= 11 is 1.09. The van der Waals surface area contributed by atoms with Crippen LogP contribution in [0, 0.1) is 0 Å². The Labute approximate surface area is 163 Å². The van der Waals surface area contributed by atoms with Crippen molar-refractivity contribution in [1.29, 1.82) is 0 Å². The predicted molar refractivity (Wildman–Crippen MR) is 109 cm³/mol. The molecule has 1 aromatic carbocycles. The van der Waals surface area contributed by atoms with Gasteiger partial charge in [-0.05, 0) is 36.7 Å². The van der Waals surface area contributed by atoms with Crippen LogP contribution in [0.15, 0.2) is 34.5 Å². The van der Waals surface area contributed by atoms with Crippen molar-refractivity contribution in [3.05, 3.63) is 35.4 Å². The van der Waals surface area contributed by atoms with Gasteiger partial charge in [0.25, 0.3) is 0 Å². The van der Waals surface area contributed by atoms with Crippen LogP contribution in [0.2, 0.25) is 0 Å². The largest absolute Gasteiger partial charge is 0.481 e. The maximum Gasteiger partial charge on any atom is 0.305 e. The molecule has 1 aliphatic heterocycles.